The summed E-state index contributed by atoms with van der Waals surface area (Å²) in [5.74, 6) is -2.73. The maximum atomic E-state index is 12.5. The number of carboxylic acid groups (broad SMARTS) is 1. The molecular weight excluding hydrogens is 439 g/mol. The number of aromatic nitrogens is 1. The number of halogens is 3. The zero-order chi connectivity index (χ0) is 22.1. The van der Waals surface area contributed by atoms with Crippen LogP contribution >= 0.6 is 22.7 Å². The second-order valence-corrected chi connectivity index (χ2v) is 8.61. The average Bonchev–Trinajstić information content (AvgIpc) is 3.39. The molecule has 0 unspecified atom stereocenters. The summed E-state index contributed by atoms with van der Waals surface area (Å²) in [5, 5.41) is 12.0. The highest BCUT2D eigenvalue weighted by Gasteiger charge is 2.38. The molecule has 1 aliphatic heterocycles. The molecule has 0 aromatic carbocycles. The molecular formula is C19H24F3N3O3S2. The maximum absolute atomic E-state index is 12.5. The lowest BCUT2D eigenvalue weighted by atomic mass is 10.1. The predicted octanol–water partition coefficient (Wildman–Crippen LogP) is 4.45. The van der Waals surface area contributed by atoms with Crippen molar-refractivity contribution in [1.82, 2.24) is 14.8 Å². The highest BCUT2D eigenvalue weighted by molar-refractivity contribution is 7.20. The number of carbonyl (C=O) groups excluding carboxylic acids is 1. The monoisotopic (exact) mass is 463 g/mol. The first-order valence-corrected chi connectivity index (χ1v) is 11.2. The summed E-state index contributed by atoms with van der Waals surface area (Å²) in [6.45, 7) is 4.32. The second kappa shape index (κ2) is 11.4. The minimum Gasteiger partial charge on any atom is -0.475 e. The summed E-state index contributed by atoms with van der Waals surface area (Å²) in [6.07, 6.45) is -0.0480. The summed E-state index contributed by atoms with van der Waals surface area (Å²) >= 11 is 3.20. The fourth-order valence-corrected chi connectivity index (χ4v) is 4.51. The van der Waals surface area contributed by atoms with Crippen LogP contribution in [0.4, 0.5) is 13.2 Å². The quantitative estimate of drug-likeness (QED) is 0.685. The van der Waals surface area contributed by atoms with Crippen LogP contribution in [0.25, 0.3) is 9.88 Å². The molecule has 6 nitrogen and oxygen atoms in total. The van der Waals surface area contributed by atoms with Crippen molar-refractivity contribution in [1.29, 1.82) is 0 Å². The smallest absolute Gasteiger partial charge is 0.475 e. The van der Waals surface area contributed by atoms with Gasteiger partial charge in [-0.2, -0.15) is 13.2 Å². The van der Waals surface area contributed by atoms with Gasteiger partial charge < -0.3 is 14.9 Å². The number of thiazole rings is 1. The number of nitrogens with zero attached hydrogens (tertiary/aromatic N) is 3. The van der Waals surface area contributed by atoms with Gasteiger partial charge in [-0.05, 0) is 50.3 Å². The van der Waals surface area contributed by atoms with E-state index in [4.69, 9.17) is 9.90 Å². The van der Waals surface area contributed by atoms with Crippen molar-refractivity contribution in [3.8, 4) is 9.88 Å². The minimum atomic E-state index is -5.08. The summed E-state index contributed by atoms with van der Waals surface area (Å²) in [4.78, 5) is 31.3. The van der Waals surface area contributed by atoms with E-state index in [0.29, 0.717) is 5.69 Å². The Labute approximate surface area is 181 Å². The molecule has 1 N–H and O–H groups in total. The molecule has 30 heavy (non-hydrogen) atoms. The van der Waals surface area contributed by atoms with Gasteiger partial charge >= 0.3 is 12.1 Å². The number of hydrogen-bond donors (Lipinski definition) is 1. The molecule has 166 valence electrons. The molecule has 3 heterocycles. The number of rotatable bonds is 6. The lowest BCUT2D eigenvalue weighted by Crippen LogP contribution is -2.34. The predicted molar refractivity (Wildman–Crippen MR) is 111 cm³/mol. The van der Waals surface area contributed by atoms with Gasteiger partial charge in [-0.15, -0.1) is 22.7 Å². The Bertz CT molecular complexity index is 804. The molecule has 0 saturated carbocycles. The number of thiophene rings is 1. The van der Waals surface area contributed by atoms with Crippen molar-refractivity contribution < 1.29 is 27.9 Å². The van der Waals surface area contributed by atoms with Gasteiger partial charge in [0.05, 0.1) is 4.88 Å². The first-order chi connectivity index (χ1) is 14.2. The van der Waals surface area contributed by atoms with Crippen molar-refractivity contribution in [2.24, 2.45) is 0 Å². The molecule has 1 amide bonds. The van der Waals surface area contributed by atoms with Gasteiger partial charge in [0, 0.05) is 19.0 Å². The Kier molecular flexibility index (Phi) is 9.25. The summed E-state index contributed by atoms with van der Waals surface area (Å²) < 4.78 is 31.7. The van der Waals surface area contributed by atoms with Crippen LogP contribution in [0, 0.1) is 0 Å². The number of hydrogen-bond acceptors (Lipinski definition) is 6. The Morgan fingerprint density at radius 3 is 2.47 bits per heavy atom. The van der Waals surface area contributed by atoms with E-state index in [1.165, 1.54) is 32.4 Å². The molecule has 0 spiro atoms. The van der Waals surface area contributed by atoms with Crippen molar-refractivity contribution in [2.45, 2.75) is 31.9 Å². The van der Waals surface area contributed by atoms with Gasteiger partial charge in [-0.3, -0.25) is 4.79 Å². The van der Waals surface area contributed by atoms with Crippen LogP contribution in [0.3, 0.4) is 0 Å². The van der Waals surface area contributed by atoms with Crippen LogP contribution in [0.15, 0.2) is 22.9 Å². The van der Waals surface area contributed by atoms with E-state index in [9.17, 15) is 18.0 Å². The zero-order valence-corrected chi connectivity index (χ0v) is 18.2. The average molecular weight is 464 g/mol. The lowest BCUT2D eigenvalue weighted by Gasteiger charge is -2.27. The van der Waals surface area contributed by atoms with Crippen LogP contribution in [-0.4, -0.2) is 71.2 Å². The largest absolute Gasteiger partial charge is 0.490 e. The summed E-state index contributed by atoms with van der Waals surface area (Å²) in [7, 11) is 1.88. The molecule has 0 aliphatic carbocycles. The first kappa shape index (κ1) is 24.3. The van der Waals surface area contributed by atoms with Gasteiger partial charge in [0.25, 0.3) is 5.91 Å². The third kappa shape index (κ3) is 7.69. The third-order valence-corrected chi connectivity index (χ3v) is 6.34. The van der Waals surface area contributed by atoms with E-state index in [1.54, 1.807) is 27.6 Å². The molecule has 11 heteroatoms. The number of piperidine rings is 1. The molecule has 0 bridgehead atoms. The molecule has 0 atom stereocenters. The normalized spacial score (nSPS) is 14.7. The lowest BCUT2D eigenvalue weighted by molar-refractivity contribution is -0.192. The van der Waals surface area contributed by atoms with Crippen LogP contribution < -0.4 is 0 Å². The molecule has 1 fully saturated rings. The Balaban J connectivity index is 0.000000396. The van der Waals surface area contributed by atoms with E-state index in [2.05, 4.69) is 9.88 Å². The Hall–Kier alpha value is -1.98. The van der Waals surface area contributed by atoms with E-state index in [0.717, 1.165) is 29.4 Å². The highest BCUT2D eigenvalue weighted by atomic mass is 32.1. The van der Waals surface area contributed by atoms with E-state index in [-0.39, 0.29) is 5.91 Å². The van der Waals surface area contributed by atoms with Gasteiger partial charge in [0.2, 0.25) is 0 Å². The molecule has 1 saturated heterocycles. The van der Waals surface area contributed by atoms with Crippen molar-refractivity contribution in [3.05, 3.63) is 28.6 Å². The molecule has 0 radical (unpaired) electrons. The zero-order valence-electron chi connectivity index (χ0n) is 16.5. The Morgan fingerprint density at radius 1 is 1.23 bits per heavy atom. The molecule has 3 rings (SSSR count). The number of alkyl halides is 3. The standard InChI is InChI=1S/C17H23N3OS2.C2HF3O2/c1-19(8-6-11-20-9-3-2-4-10-20)17(21)14-13-23-16(18-14)15-7-5-12-22-15;3-2(4,5)1(6)7/h5,7,12-13H,2-4,6,8-11H2,1H3;(H,6,7). The topological polar surface area (TPSA) is 73.7 Å². The number of carbonyl (C=O) groups is 2. The molecule has 2 aromatic heterocycles. The minimum absolute atomic E-state index is 0.0303. The molecule has 1 aliphatic rings. The van der Waals surface area contributed by atoms with Crippen molar-refractivity contribution in [2.75, 3.05) is 33.2 Å². The van der Waals surface area contributed by atoms with Gasteiger partial charge in [0.1, 0.15) is 10.7 Å². The molecule has 2 aromatic rings. The maximum Gasteiger partial charge on any atom is 0.490 e. The van der Waals surface area contributed by atoms with Crippen LogP contribution in [0.5, 0.6) is 0 Å². The van der Waals surface area contributed by atoms with Gasteiger partial charge in [-0.25, -0.2) is 9.78 Å². The van der Waals surface area contributed by atoms with Crippen molar-refractivity contribution in [3.63, 3.8) is 0 Å². The van der Waals surface area contributed by atoms with E-state index >= 15 is 0 Å². The number of likely N-dealkylation sites (tertiary alicyclic amines) is 1. The fourth-order valence-electron chi connectivity index (χ4n) is 2.90. The van der Waals surface area contributed by atoms with Gasteiger partial charge in [0.15, 0.2) is 0 Å². The van der Waals surface area contributed by atoms with E-state index in [1.807, 2.05) is 29.9 Å². The number of carboxylic acids is 1. The van der Waals surface area contributed by atoms with Crippen LogP contribution in [-0.2, 0) is 4.79 Å². The fraction of sp³-hybridized carbons (Fsp3) is 0.526. The van der Waals surface area contributed by atoms with Gasteiger partial charge in [-0.1, -0.05) is 12.5 Å². The Morgan fingerprint density at radius 2 is 1.90 bits per heavy atom. The second-order valence-electron chi connectivity index (χ2n) is 6.80. The first-order valence-electron chi connectivity index (χ1n) is 9.46. The number of aliphatic carboxylic acids is 1. The third-order valence-electron chi connectivity index (χ3n) is 4.46. The van der Waals surface area contributed by atoms with Crippen LogP contribution in [0.2, 0.25) is 0 Å². The van der Waals surface area contributed by atoms with Crippen molar-refractivity contribution >= 4 is 34.6 Å². The van der Waals surface area contributed by atoms with E-state index < -0.39 is 12.1 Å². The van der Waals surface area contributed by atoms with Crippen LogP contribution in [0.1, 0.15) is 36.2 Å². The summed E-state index contributed by atoms with van der Waals surface area (Å²) in [5.41, 5.74) is 0.568. The summed E-state index contributed by atoms with van der Waals surface area (Å²) in [6, 6.07) is 4.05. The SMILES string of the molecule is CN(CCCN1CCCCC1)C(=O)c1csc(-c2cccs2)n1.O=C(O)C(F)(F)F. The highest BCUT2D eigenvalue weighted by Crippen LogP contribution is 2.28. The number of amides is 1.